The van der Waals surface area contributed by atoms with Gasteiger partial charge in [-0.3, -0.25) is 9.99 Å². The SMILES string of the molecule is CC(/C=N/Nc1ccccc1)=N\N=c1/scc(-c2ccc(C)cc2)n1-c1ccc(C)cc1. The third-order valence-electron chi connectivity index (χ3n) is 4.86. The molecule has 0 unspecified atom stereocenters. The normalized spacial score (nSPS) is 12.5. The van der Waals surface area contributed by atoms with Gasteiger partial charge in [-0.2, -0.15) is 10.2 Å². The quantitative estimate of drug-likeness (QED) is 0.282. The first-order chi connectivity index (χ1) is 15.6. The Morgan fingerprint density at radius 1 is 0.875 bits per heavy atom. The molecule has 1 aromatic heterocycles. The Morgan fingerprint density at radius 3 is 2.22 bits per heavy atom. The second kappa shape index (κ2) is 10.0. The van der Waals surface area contributed by atoms with Crippen molar-refractivity contribution in [3.05, 3.63) is 100 Å². The molecule has 5 nitrogen and oxygen atoms in total. The Balaban J connectivity index is 1.68. The number of para-hydroxylation sites is 1. The minimum absolute atomic E-state index is 0.703. The molecule has 4 rings (SSSR count). The van der Waals surface area contributed by atoms with E-state index in [1.165, 1.54) is 11.1 Å². The van der Waals surface area contributed by atoms with Crippen LogP contribution in [0.4, 0.5) is 5.69 Å². The van der Waals surface area contributed by atoms with Crippen molar-refractivity contribution < 1.29 is 0 Å². The Kier molecular flexibility index (Phi) is 6.72. The zero-order valence-corrected chi connectivity index (χ0v) is 19.2. The summed E-state index contributed by atoms with van der Waals surface area (Å²) in [6.07, 6.45) is 1.67. The van der Waals surface area contributed by atoms with Crippen LogP contribution in [0.3, 0.4) is 0 Å². The molecule has 0 aliphatic carbocycles. The summed E-state index contributed by atoms with van der Waals surface area (Å²) in [5.74, 6) is 0. The van der Waals surface area contributed by atoms with Crippen LogP contribution in [0.2, 0.25) is 0 Å². The molecule has 0 radical (unpaired) electrons. The summed E-state index contributed by atoms with van der Waals surface area (Å²) in [6, 6.07) is 26.8. The van der Waals surface area contributed by atoms with Crippen molar-refractivity contribution in [2.45, 2.75) is 20.8 Å². The molecule has 4 aromatic rings. The van der Waals surface area contributed by atoms with E-state index < -0.39 is 0 Å². The van der Waals surface area contributed by atoms with Crippen LogP contribution in [0.15, 0.2) is 99.5 Å². The van der Waals surface area contributed by atoms with E-state index in [2.05, 4.69) is 93.1 Å². The van der Waals surface area contributed by atoms with Crippen molar-refractivity contribution in [1.82, 2.24) is 4.57 Å². The van der Waals surface area contributed by atoms with Crippen LogP contribution in [0.25, 0.3) is 16.9 Å². The largest absolute Gasteiger partial charge is 0.284 e. The number of hydrazone groups is 1. The van der Waals surface area contributed by atoms with Gasteiger partial charge in [0, 0.05) is 11.1 Å². The third-order valence-corrected chi connectivity index (χ3v) is 5.68. The van der Waals surface area contributed by atoms with Crippen LogP contribution >= 0.6 is 11.3 Å². The maximum Gasteiger partial charge on any atom is 0.215 e. The molecule has 6 heteroatoms. The number of nitrogens with one attached hydrogen (secondary N) is 1. The highest BCUT2D eigenvalue weighted by Gasteiger charge is 2.10. The van der Waals surface area contributed by atoms with E-state index >= 15 is 0 Å². The Morgan fingerprint density at radius 2 is 1.53 bits per heavy atom. The highest BCUT2D eigenvalue weighted by Crippen LogP contribution is 2.24. The minimum Gasteiger partial charge on any atom is -0.284 e. The lowest BCUT2D eigenvalue weighted by atomic mass is 10.1. The molecule has 3 aromatic carbocycles. The molecule has 0 saturated heterocycles. The van der Waals surface area contributed by atoms with E-state index in [0.717, 1.165) is 27.4 Å². The summed E-state index contributed by atoms with van der Waals surface area (Å²) in [5, 5.41) is 15.3. The topological polar surface area (TPSA) is 54.0 Å². The zero-order chi connectivity index (χ0) is 22.3. The Bertz CT molecular complexity index is 1300. The van der Waals surface area contributed by atoms with Gasteiger partial charge in [-0.05, 0) is 50.6 Å². The first kappa shape index (κ1) is 21.5. The first-order valence-corrected chi connectivity index (χ1v) is 11.3. The van der Waals surface area contributed by atoms with Crippen molar-refractivity contribution in [3.8, 4) is 16.9 Å². The van der Waals surface area contributed by atoms with Gasteiger partial charge in [-0.15, -0.1) is 16.4 Å². The van der Waals surface area contributed by atoms with Crippen LogP contribution in [0.1, 0.15) is 18.1 Å². The van der Waals surface area contributed by atoms with Gasteiger partial charge in [-0.25, -0.2) is 0 Å². The molecule has 0 fully saturated rings. The van der Waals surface area contributed by atoms with E-state index in [1.807, 2.05) is 37.3 Å². The van der Waals surface area contributed by atoms with Crippen molar-refractivity contribution in [1.29, 1.82) is 0 Å². The zero-order valence-electron chi connectivity index (χ0n) is 18.4. The minimum atomic E-state index is 0.703. The number of rotatable bonds is 6. The molecular formula is C26H25N5S. The molecular weight excluding hydrogens is 414 g/mol. The van der Waals surface area contributed by atoms with Crippen molar-refractivity contribution in [2.75, 3.05) is 5.43 Å². The monoisotopic (exact) mass is 439 g/mol. The average molecular weight is 440 g/mol. The molecule has 0 spiro atoms. The number of anilines is 1. The molecule has 32 heavy (non-hydrogen) atoms. The molecule has 1 N–H and O–H groups in total. The molecule has 0 aliphatic heterocycles. The summed E-state index contributed by atoms with van der Waals surface area (Å²) in [6.45, 7) is 6.06. The first-order valence-electron chi connectivity index (χ1n) is 10.4. The number of aryl methyl sites for hydroxylation is 2. The molecule has 0 bridgehead atoms. The molecule has 0 amide bonds. The van der Waals surface area contributed by atoms with Crippen molar-refractivity contribution in [2.24, 2.45) is 15.3 Å². The molecule has 0 aliphatic rings. The van der Waals surface area contributed by atoms with Crippen LogP contribution < -0.4 is 10.2 Å². The van der Waals surface area contributed by atoms with E-state index in [4.69, 9.17) is 0 Å². The van der Waals surface area contributed by atoms with E-state index in [0.29, 0.717) is 5.71 Å². The van der Waals surface area contributed by atoms with Gasteiger partial charge >= 0.3 is 0 Å². The Hall–Kier alpha value is -3.77. The predicted molar refractivity (Wildman–Crippen MR) is 136 cm³/mol. The number of hydrogen-bond donors (Lipinski definition) is 1. The lowest BCUT2D eigenvalue weighted by molar-refractivity contribution is 0.970. The molecule has 160 valence electrons. The van der Waals surface area contributed by atoms with Crippen LogP contribution in [0.5, 0.6) is 0 Å². The number of hydrogen-bond acceptors (Lipinski definition) is 5. The summed E-state index contributed by atoms with van der Waals surface area (Å²) in [5.41, 5.74) is 10.4. The smallest absolute Gasteiger partial charge is 0.215 e. The van der Waals surface area contributed by atoms with E-state index in [9.17, 15) is 0 Å². The molecule has 0 atom stereocenters. The second-order valence-corrected chi connectivity index (χ2v) is 8.35. The van der Waals surface area contributed by atoms with E-state index in [1.54, 1.807) is 17.6 Å². The van der Waals surface area contributed by atoms with Crippen molar-refractivity contribution in [3.63, 3.8) is 0 Å². The van der Waals surface area contributed by atoms with Gasteiger partial charge in [0.25, 0.3) is 0 Å². The summed E-state index contributed by atoms with van der Waals surface area (Å²) in [7, 11) is 0. The van der Waals surface area contributed by atoms with Crippen LogP contribution in [-0.4, -0.2) is 16.5 Å². The summed E-state index contributed by atoms with van der Waals surface area (Å²) in [4.78, 5) is 0.799. The van der Waals surface area contributed by atoms with Gasteiger partial charge < -0.3 is 0 Å². The van der Waals surface area contributed by atoms with Gasteiger partial charge in [0.15, 0.2) is 0 Å². The van der Waals surface area contributed by atoms with Crippen LogP contribution in [-0.2, 0) is 0 Å². The highest BCUT2D eigenvalue weighted by molar-refractivity contribution is 7.07. The Labute approximate surface area is 192 Å². The van der Waals surface area contributed by atoms with Gasteiger partial charge in [-0.1, -0.05) is 65.7 Å². The average Bonchev–Trinajstić information content (AvgIpc) is 3.23. The number of nitrogens with zero attached hydrogens (tertiary/aromatic N) is 4. The fourth-order valence-electron chi connectivity index (χ4n) is 3.11. The predicted octanol–water partition coefficient (Wildman–Crippen LogP) is 6.20. The van der Waals surface area contributed by atoms with Crippen LogP contribution in [0, 0.1) is 13.8 Å². The maximum atomic E-state index is 4.54. The summed E-state index contributed by atoms with van der Waals surface area (Å²) >= 11 is 1.57. The third kappa shape index (κ3) is 5.28. The van der Waals surface area contributed by atoms with E-state index in [-0.39, 0.29) is 0 Å². The standard InChI is InChI=1S/C26H25N5S/c1-19-9-13-22(14-10-19)25-18-32-26(31(25)24-15-11-20(2)12-16-24)30-28-21(3)17-27-29-23-7-5-4-6-8-23/h4-18,29H,1-3H3/b27-17+,28-21+,30-26-. The summed E-state index contributed by atoms with van der Waals surface area (Å²) < 4.78 is 2.14. The highest BCUT2D eigenvalue weighted by atomic mass is 32.1. The molecule has 1 heterocycles. The fourth-order valence-corrected chi connectivity index (χ4v) is 3.97. The second-order valence-electron chi connectivity index (χ2n) is 7.52. The lowest BCUT2D eigenvalue weighted by Gasteiger charge is -2.09. The maximum absolute atomic E-state index is 4.54. The van der Waals surface area contributed by atoms with Gasteiger partial charge in [0.2, 0.25) is 4.80 Å². The number of thiazole rings is 1. The fraction of sp³-hybridized carbons (Fsp3) is 0.115. The molecule has 0 saturated carbocycles. The van der Waals surface area contributed by atoms with Gasteiger partial charge in [0.05, 0.1) is 23.3 Å². The lowest BCUT2D eigenvalue weighted by Crippen LogP contribution is -2.14. The van der Waals surface area contributed by atoms with Crippen molar-refractivity contribution >= 4 is 29.0 Å². The number of benzene rings is 3. The van der Waals surface area contributed by atoms with Gasteiger partial charge in [0.1, 0.15) is 0 Å². The number of aromatic nitrogens is 1.